The van der Waals surface area contributed by atoms with Gasteiger partial charge in [0.25, 0.3) is 5.56 Å². The number of halogens is 1. The van der Waals surface area contributed by atoms with E-state index in [1.54, 1.807) is 22.8 Å². The second kappa shape index (κ2) is 8.60. The Morgan fingerprint density at radius 2 is 2.16 bits per heavy atom. The molecule has 2 heterocycles. The van der Waals surface area contributed by atoms with Gasteiger partial charge in [0.2, 0.25) is 0 Å². The highest BCUT2D eigenvalue weighted by atomic mass is 35.5. The number of fused-ring (bicyclic) bond motifs is 1. The Hall–Kier alpha value is -3.44. The number of anilines is 2. The van der Waals surface area contributed by atoms with Crippen molar-refractivity contribution in [2.75, 3.05) is 18.1 Å². The van der Waals surface area contributed by atoms with E-state index >= 15 is 0 Å². The highest BCUT2D eigenvalue weighted by molar-refractivity contribution is 6.35. The van der Waals surface area contributed by atoms with E-state index in [1.807, 2.05) is 6.92 Å². The molecular formula is C20H25ClN10O. The van der Waals surface area contributed by atoms with E-state index in [1.165, 1.54) is 13.4 Å². The molecule has 1 aliphatic carbocycles. The molecular weight excluding hydrogens is 432 g/mol. The third-order valence-corrected chi connectivity index (χ3v) is 5.56. The van der Waals surface area contributed by atoms with Gasteiger partial charge in [0, 0.05) is 13.1 Å². The third kappa shape index (κ3) is 4.04. The highest BCUT2D eigenvalue weighted by Gasteiger charge is 2.31. The molecule has 1 fully saturated rings. The van der Waals surface area contributed by atoms with Crippen molar-refractivity contribution in [2.45, 2.75) is 38.3 Å². The molecule has 4 rings (SSSR count). The lowest BCUT2D eigenvalue weighted by molar-refractivity contribution is 0.371. The zero-order chi connectivity index (χ0) is 23.0. The molecule has 1 aromatic carbocycles. The van der Waals surface area contributed by atoms with Crippen LogP contribution in [0.1, 0.15) is 49.7 Å². The Morgan fingerprint density at radius 3 is 2.81 bits per heavy atom. The number of benzene rings is 1. The van der Waals surface area contributed by atoms with Crippen LogP contribution in [0.2, 0.25) is 5.02 Å². The first-order valence-corrected chi connectivity index (χ1v) is 10.6. The zero-order valence-electron chi connectivity index (χ0n) is 17.8. The highest BCUT2D eigenvalue weighted by Crippen LogP contribution is 2.37. The van der Waals surface area contributed by atoms with Crippen LogP contribution in [-0.2, 0) is 0 Å². The number of hydrazine groups is 1. The largest absolute Gasteiger partial charge is 0.383 e. The van der Waals surface area contributed by atoms with Crippen LogP contribution in [0.5, 0.6) is 0 Å². The Kier molecular flexibility index (Phi) is 5.85. The van der Waals surface area contributed by atoms with Gasteiger partial charge in [-0.25, -0.2) is 25.9 Å². The fraction of sp³-hybridized carbons (Fsp3) is 0.350. The summed E-state index contributed by atoms with van der Waals surface area (Å²) < 4.78 is 1.74. The zero-order valence-corrected chi connectivity index (χ0v) is 18.5. The van der Waals surface area contributed by atoms with Gasteiger partial charge in [-0.3, -0.25) is 9.36 Å². The number of aromatic nitrogens is 4. The number of nitrogens with zero attached hydrogens (tertiary/aromatic N) is 6. The van der Waals surface area contributed by atoms with Gasteiger partial charge in [-0.05, 0) is 31.4 Å². The molecule has 0 saturated heterocycles. The number of hydrazone groups is 1. The summed E-state index contributed by atoms with van der Waals surface area (Å²) in [4.78, 5) is 26.5. The van der Waals surface area contributed by atoms with Crippen LogP contribution in [0, 0.1) is 0 Å². The van der Waals surface area contributed by atoms with Crippen LogP contribution < -0.4 is 28.2 Å². The molecule has 12 heteroatoms. The third-order valence-electron chi connectivity index (χ3n) is 5.25. The summed E-state index contributed by atoms with van der Waals surface area (Å²) in [5.74, 6) is 6.78. The van der Waals surface area contributed by atoms with E-state index in [9.17, 15) is 4.79 Å². The van der Waals surface area contributed by atoms with Crippen molar-refractivity contribution in [2.24, 2.45) is 16.7 Å². The Labute approximate surface area is 189 Å². The number of hydrogen-bond donors (Lipinski definition) is 4. The SMILES string of the molecule is CC[C@H](Nc1ncnc(N)c1/C(N)=N/N(C)N)c1nc2cccc(Cl)c2c(=O)n1C1CC1. The second-order valence-electron chi connectivity index (χ2n) is 7.66. The first-order valence-electron chi connectivity index (χ1n) is 10.2. The molecule has 32 heavy (non-hydrogen) atoms. The van der Waals surface area contributed by atoms with Crippen molar-refractivity contribution < 1.29 is 0 Å². The number of rotatable bonds is 7. The fourth-order valence-electron chi connectivity index (χ4n) is 3.65. The first-order chi connectivity index (χ1) is 15.3. The van der Waals surface area contributed by atoms with Crippen LogP contribution in [0.4, 0.5) is 11.6 Å². The first kappa shape index (κ1) is 21.8. The van der Waals surface area contributed by atoms with Gasteiger partial charge in [-0.2, -0.15) is 0 Å². The average Bonchev–Trinajstić information content (AvgIpc) is 3.56. The molecule has 3 aromatic rings. The van der Waals surface area contributed by atoms with Crippen molar-refractivity contribution in [1.82, 2.24) is 24.6 Å². The van der Waals surface area contributed by atoms with Crippen molar-refractivity contribution in [3.63, 3.8) is 0 Å². The number of nitrogens with one attached hydrogen (secondary N) is 1. The average molecular weight is 457 g/mol. The molecule has 0 radical (unpaired) electrons. The summed E-state index contributed by atoms with van der Waals surface area (Å²) in [6, 6.07) is 5.00. The van der Waals surface area contributed by atoms with Crippen molar-refractivity contribution in [1.29, 1.82) is 0 Å². The van der Waals surface area contributed by atoms with Gasteiger partial charge in [-0.1, -0.05) is 24.6 Å². The maximum atomic E-state index is 13.4. The Balaban J connectivity index is 1.84. The number of amidine groups is 1. The molecule has 0 aliphatic heterocycles. The molecule has 0 spiro atoms. The second-order valence-corrected chi connectivity index (χ2v) is 8.06. The van der Waals surface area contributed by atoms with Crippen LogP contribution in [-0.4, -0.2) is 37.5 Å². The number of hydrogen-bond acceptors (Lipinski definition) is 9. The summed E-state index contributed by atoms with van der Waals surface area (Å²) in [7, 11) is 1.53. The van der Waals surface area contributed by atoms with Crippen LogP contribution >= 0.6 is 11.6 Å². The molecule has 1 saturated carbocycles. The molecule has 7 N–H and O–H groups in total. The molecule has 11 nitrogen and oxygen atoms in total. The number of nitrogens with two attached hydrogens (primary N) is 3. The van der Waals surface area contributed by atoms with Crippen LogP contribution in [0.3, 0.4) is 0 Å². The molecule has 1 atom stereocenters. The van der Waals surface area contributed by atoms with E-state index in [0.717, 1.165) is 18.0 Å². The summed E-state index contributed by atoms with van der Waals surface area (Å²) in [5, 5.41) is 9.24. The van der Waals surface area contributed by atoms with Crippen LogP contribution in [0.15, 0.2) is 34.4 Å². The maximum absolute atomic E-state index is 13.4. The Morgan fingerprint density at radius 1 is 1.41 bits per heavy atom. The monoisotopic (exact) mass is 456 g/mol. The van der Waals surface area contributed by atoms with Gasteiger partial charge < -0.3 is 16.8 Å². The fourth-order valence-corrected chi connectivity index (χ4v) is 3.90. The molecule has 2 aromatic heterocycles. The minimum absolute atomic E-state index is 0.0586. The molecule has 1 aliphatic rings. The summed E-state index contributed by atoms with van der Waals surface area (Å²) in [6.07, 6.45) is 3.77. The standard InChI is InChI=1S/C20H25ClN10O/c1-3-12(27-18-15(16(22)25-9-26-18)17(23)29-30(2)24)19-28-13-6-4-5-11(21)14(13)20(32)31(19)10-7-8-10/h4-6,9-10,12H,3,7-8,24H2,1-2H3,(H2,23,29)(H3,22,25,26,27)/t12-/m0/s1. The normalized spacial score (nSPS) is 15.1. The van der Waals surface area contributed by atoms with Gasteiger partial charge in [0.1, 0.15) is 29.4 Å². The van der Waals surface area contributed by atoms with E-state index in [4.69, 9.17) is 33.9 Å². The maximum Gasteiger partial charge on any atom is 0.263 e. The van der Waals surface area contributed by atoms with E-state index in [0.29, 0.717) is 39.6 Å². The van der Waals surface area contributed by atoms with Gasteiger partial charge >= 0.3 is 0 Å². The van der Waals surface area contributed by atoms with E-state index < -0.39 is 0 Å². The van der Waals surface area contributed by atoms with Gasteiger partial charge in [0.05, 0.1) is 22.0 Å². The quantitative estimate of drug-likeness (QED) is 0.179. The lowest BCUT2D eigenvalue weighted by Crippen LogP contribution is -2.30. The molecule has 0 bridgehead atoms. The van der Waals surface area contributed by atoms with E-state index in [-0.39, 0.29) is 29.3 Å². The molecule has 168 valence electrons. The van der Waals surface area contributed by atoms with Crippen molar-refractivity contribution >= 4 is 40.0 Å². The van der Waals surface area contributed by atoms with E-state index in [2.05, 4.69) is 20.4 Å². The lowest BCUT2D eigenvalue weighted by Gasteiger charge is -2.23. The van der Waals surface area contributed by atoms with Gasteiger partial charge in [0.15, 0.2) is 5.84 Å². The minimum Gasteiger partial charge on any atom is -0.383 e. The van der Waals surface area contributed by atoms with Crippen LogP contribution in [0.25, 0.3) is 10.9 Å². The Bertz CT molecular complexity index is 1250. The summed E-state index contributed by atoms with van der Waals surface area (Å²) >= 11 is 6.33. The molecule has 0 unspecified atom stereocenters. The predicted octanol–water partition coefficient (Wildman–Crippen LogP) is 1.75. The summed E-state index contributed by atoms with van der Waals surface area (Å²) in [5.41, 5.74) is 12.9. The number of nitrogen functional groups attached to an aromatic ring is 1. The minimum atomic E-state index is -0.358. The van der Waals surface area contributed by atoms with Gasteiger partial charge in [-0.15, -0.1) is 5.10 Å². The lowest BCUT2D eigenvalue weighted by atomic mass is 10.1. The summed E-state index contributed by atoms with van der Waals surface area (Å²) in [6.45, 7) is 1.98. The smallest absolute Gasteiger partial charge is 0.263 e. The molecule has 0 amide bonds. The van der Waals surface area contributed by atoms with Crippen molar-refractivity contribution in [3.05, 3.63) is 51.3 Å². The predicted molar refractivity (Wildman–Crippen MR) is 125 cm³/mol. The van der Waals surface area contributed by atoms with Crippen molar-refractivity contribution in [3.8, 4) is 0 Å². The topological polar surface area (TPSA) is 166 Å².